The number of fused-ring (bicyclic) bond motifs is 1. The summed E-state index contributed by atoms with van der Waals surface area (Å²) in [4.78, 5) is 0. The second-order valence-electron chi connectivity index (χ2n) is 2.60. The molecular formula is C9H9NO2S. The van der Waals surface area contributed by atoms with E-state index in [1.54, 1.807) is 0 Å². The molecule has 0 radical (unpaired) electrons. The molecular weight excluding hydrogens is 186 g/mol. The average Bonchev–Trinajstić information content (AvgIpc) is 2.63. The van der Waals surface area contributed by atoms with Crippen LogP contribution in [-0.2, 0) is 0 Å². The smallest absolute Gasteiger partial charge is 0.231 e. The molecule has 0 amide bonds. The van der Waals surface area contributed by atoms with Crippen LogP contribution in [-0.4, -0.2) is 18.1 Å². The van der Waals surface area contributed by atoms with Gasteiger partial charge in [-0.25, -0.2) is 0 Å². The minimum absolute atomic E-state index is 0.283. The Morgan fingerprint density at radius 3 is 2.92 bits per heavy atom. The van der Waals surface area contributed by atoms with Crippen LogP contribution in [0.4, 0.5) is 0 Å². The van der Waals surface area contributed by atoms with Gasteiger partial charge in [-0.2, -0.15) is 0 Å². The first-order valence-corrected chi connectivity index (χ1v) is 5.06. The highest BCUT2D eigenvalue weighted by Gasteiger charge is 2.14. The van der Waals surface area contributed by atoms with E-state index in [9.17, 15) is 0 Å². The number of rotatable bonds is 1. The van der Waals surface area contributed by atoms with Crippen molar-refractivity contribution in [2.75, 3.05) is 13.0 Å². The maximum atomic E-state index is 7.61. The van der Waals surface area contributed by atoms with Crippen molar-refractivity contribution in [2.24, 2.45) is 0 Å². The van der Waals surface area contributed by atoms with Gasteiger partial charge in [-0.1, -0.05) is 0 Å². The Hall–Kier alpha value is -1.16. The van der Waals surface area contributed by atoms with E-state index in [2.05, 4.69) is 0 Å². The lowest BCUT2D eigenvalue weighted by atomic mass is 10.2. The zero-order valence-corrected chi connectivity index (χ0v) is 7.98. The van der Waals surface area contributed by atoms with E-state index >= 15 is 0 Å². The number of benzene rings is 1. The SMILES string of the molecule is CSC(=N)c1ccc2c(c1)OCO2. The molecule has 0 spiro atoms. The number of nitrogens with one attached hydrogen (secondary N) is 1. The fraction of sp³-hybridized carbons (Fsp3) is 0.222. The molecule has 0 aromatic heterocycles. The number of ether oxygens (including phenoxy) is 2. The van der Waals surface area contributed by atoms with Crippen molar-refractivity contribution in [3.8, 4) is 11.5 Å². The molecule has 0 aliphatic carbocycles. The van der Waals surface area contributed by atoms with E-state index < -0.39 is 0 Å². The fourth-order valence-corrected chi connectivity index (χ4v) is 1.52. The van der Waals surface area contributed by atoms with Gasteiger partial charge in [0.05, 0.1) is 5.04 Å². The summed E-state index contributed by atoms with van der Waals surface area (Å²) in [5.41, 5.74) is 0.872. The van der Waals surface area contributed by atoms with Crippen molar-refractivity contribution in [1.29, 1.82) is 5.41 Å². The molecule has 2 rings (SSSR count). The Kier molecular flexibility index (Phi) is 2.14. The number of hydrogen-bond acceptors (Lipinski definition) is 4. The largest absolute Gasteiger partial charge is 0.454 e. The maximum absolute atomic E-state index is 7.61. The van der Waals surface area contributed by atoms with Crippen LogP contribution >= 0.6 is 11.8 Å². The molecule has 0 saturated heterocycles. The number of thioether (sulfide) groups is 1. The molecule has 68 valence electrons. The summed E-state index contributed by atoms with van der Waals surface area (Å²) in [6.45, 7) is 0.283. The Labute approximate surface area is 80.6 Å². The lowest BCUT2D eigenvalue weighted by molar-refractivity contribution is 0.174. The van der Waals surface area contributed by atoms with Gasteiger partial charge in [-0.05, 0) is 24.5 Å². The molecule has 1 aliphatic rings. The van der Waals surface area contributed by atoms with E-state index in [1.165, 1.54) is 11.8 Å². The van der Waals surface area contributed by atoms with Gasteiger partial charge in [0, 0.05) is 5.56 Å². The Bertz CT molecular complexity index is 351. The predicted molar refractivity (Wildman–Crippen MR) is 52.9 cm³/mol. The van der Waals surface area contributed by atoms with Crippen molar-refractivity contribution in [2.45, 2.75) is 0 Å². The molecule has 0 saturated carbocycles. The minimum atomic E-state index is 0.283. The number of hydrogen-bond donors (Lipinski definition) is 1. The van der Waals surface area contributed by atoms with Gasteiger partial charge in [0.15, 0.2) is 11.5 Å². The normalized spacial score (nSPS) is 13.0. The van der Waals surface area contributed by atoms with Gasteiger partial charge in [-0.3, -0.25) is 5.41 Å². The second kappa shape index (κ2) is 3.30. The van der Waals surface area contributed by atoms with E-state index in [0.717, 1.165) is 17.1 Å². The molecule has 0 bridgehead atoms. The molecule has 1 aromatic rings. The second-order valence-corrected chi connectivity index (χ2v) is 3.42. The van der Waals surface area contributed by atoms with Gasteiger partial charge in [0.1, 0.15) is 0 Å². The Morgan fingerprint density at radius 2 is 2.15 bits per heavy atom. The summed E-state index contributed by atoms with van der Waals surface area (Å²) in [5, 5.41) is 8.15. The van der Waals surface area contributed by atoms with Crippen LogP contribution in [0.15, 0.2) is 18.2 Å². The third-order valence-corrected chi connectivity index (χ3v) is 2.48. The van der Waals surface area contributed by atoms with Crippen molar-refractivity contribution in [3.63, 3.8) is 0 Å². The van der Waals surface area contributed by atoms with Crippen molar-refractivity contribution >= 4 is 16.8 Å². The van der Waals surface area contributed by atoms with E-state index in [-0.39, 0.29) is 6.79 Å². The molecule has 1 aromatic carbocycles. The minimum Gasteiger partial charge on any atom is -0.454 e. The van der Waals surface area contributed by atoms with Crippen LogP contribution in [0.3, 0.4) is 0 Å². The first-order valence-electron chi connectivity index (χ1n) is 3.84. The molecule has 0 atom stereocenters. The monoisotopic (exact) mass is 195 g/mol. The zero-order valence-electron chi connectivity index (χ0n) is 7.16. The molecule has 13 heavy (non-hydrogen) atoms. The fourth-order valence-electron chi connectivity index (χ4n) is 1.16. The lowest BCUT2D eigenvalue weighted by Crippen LogP contribution is -1.93. The highest BCUT2D eigenvalue weighted by molar-refractivity contribution is 8.13. The summed E-state index contributed by atoms with van der Waals surface area (Å²) < 4.78 is 10.4. The quantitative estimate of drug-likeness (QED) is 0.551. The topological polar surface area (TPSA) is 42.3 Å². The van der Waals surface area contributed by atoms with Crippen molar-refractivity contribution < 1.29 is 9.47 Å². The third kappa shape index (κ3) is 1.49. The highest BCUT2D eigenvalue weighted by atomic mass is 32.2. The molecule has 1 aliphatic heterocycles. The van der Waals surface area contributed by atoms with E-state index in [4.69, 9.17) is 14.9 Å². The van der Waals surface area contributed by atoms with Crippen LogP contribution in [0.25, 0.3) is 0 Å². The van der Waals surface area contributed by atoms with E-state index in [0.29, 0.717) is 5.04 Å². The van der Waals surface area contributed by atoms with Gasteiger partial charge < -0.3 is 9.47 Å². The third-order valence-electron chi connectivity index (χ3n) is 1.84. The van der Waals surface area contributed by atoms with Crippen molar-refractivity contribution in [1.82, 2.24) is 0 Å². The molecule has 1 N–H and O–H groups in total. The summed E-state index contributed by atoms with van der Waals surface area (Å²) >= 11 is 1.41. The predicted octanol–water partition coefficient (Wildman–Crippen LogP) is 2.10. The van der Waals surface area contributed by atoms with Crippen LogP contribution in [0.1, 0.15) is 5.56 Å². The van der Waals surface area contributed by atoms with Crippen LogP contribution in [0.5, 0.6) is 11.5 Å². The zero-order chi connectivity index (χ0) is 9.26. The highest BCUT2D eigenvalue weighted by Crippen LogP contribution is 2.33. The van der Waals surface area contributed by atoms with Gasteiger partial charge in [0.2, 0.25) is 6.79 Å². The summed E-state index contributed by atoms with van der Waals surface area (Å²) in [7, 11) is 0. The molecule has 0 fully saturated rings. The van der Waals surface area contributed by atoms with Gasteiger partial charge in [0.25, 0.3) is 0 Å². The lowest BCUT2D eigenvalue weighted by Gasteiger charge is -2.01. The van der Waals surface area contributed by atoms with Crippen molar-refractivity contribution in [3.05, 3.63) is 23.8 Å². The van der Waals surface area contributed by atoms with Crippen LogP contribution in [0.2, 0.25) is 0 Å². The van der Waals surface area contributed by atoms with Crippen LogP contribution < -0.4 is 9.47 Å². The molecule has 1 heterocycles. The van der Waals surface area contributed by atoms with Gasteiger partial charge in [-0.15, -0.1) is 11.8 Å². The van der Waals surface area contributed by atoms with Gasteiger partial charge >= 0.3 is 0 Å². The summed E-state index contributed by atoms with van der Waals surface area (Å²) in [6, 6.07) is 5.54. The van der Waals surface area contributed by atoms with E-state index in [1.807, 2.05) is 24.5 Å². The molecule has 3 nitrogen and oxygen atoms in total. The molecule has 4 heteroatoms. The average molecular weight is 195 g/mol. The standard InChI is InChI=1S/C9H9NO2S/c1-13-9(10)6-2-3-7-8(4-6)12-5-11-7/h2-4,10H,5H2,1H3. The summed E-state index contributed by atoms with van der Waals surface area (Å²) in [5.74, 6) is 1.49. The summed E-state index contributed by atoms with van der Waals surface area (Å²) in [6.07, 6.45) is 1.88. The van der Waals surface area contributed by atoms with Crippen LogP contribution in [0, 0.1) is 5.41 Å². The molecule has 0 unspecified atom stereocenters. The first-order chi connectivity index (χ1) is 6.31. The Balaban J connectivity index is 2.36. The maximum Gasteiger partial charge on any atom is 0.231 e. The first kappa shape index (κ1) is 8.44. The Morgan fingerprint density at radius 1 is 1.38 bits per heavy atom.